The molecular weight excluding hydrogens is 254 g/mol. The van der Waals surface area contributed by atoms with Gasteiger partial charge in [0.1, 0.15) is 0 Å². The molecule has 0 aliphatic rings. The summed E-state index contributed by atoms with van der Waals surface area (Å²) in [6.07, 6.45) is 4.71. The first-order valence-electron chi connectivity index (χ1n) is 7.33. The van der Waals surface area contributed by atoms with Crippen LogP contribution in [0.1, 0.15) is 44.4 Å². The van der Waals surface area contributed by atoms with Crippen LogP contribution in [0.5, 0.6) is 0 Å². The molecule has 5 heteroatoms. The highest BCUT2D eigenvalue weighted by Crippen LogP contribution is 2.24. The van der Waals surface area contributed by atoms with Crippen molar-refractivity contribution in [2.45, 2.75) is 46.5 Å². The van der Waals surface area contributed by atoms with Crippen LogP contribution >= 0.6 is 0 Å². The van der Waals surface area contributed by atoms with Gasteiger partial charge < -0.3 is 10.4 Å². The number of carbonyl (C=O) groups excluding carboxylic acids is 1. The molecule has 0 fully saturated rings. The van der Waals surface area contributed by atoms with Crippen molar-refractivity contribution < 1.29 is 9.90 Å². The van der Waals surface area contributed by atoms with E-state index in [1.54, 1.807) is 0 Å². The van der Waals surface area contributed by atoms with E-state index >= 15 is 0 Å². The highest BCUT2D eigenvalue weighted by atomic mass is 16.3. The van der Waals surface area contributed by atoms with Crippen LogP contribution in [0.3, 0.4) is 0 Å². The molecule has 0 spiro atoms. The Morgan fingerprint density at radius 2 is 2.10 bits per heavy atom. The van der Waals surface area contributed by atoms with Crippen LogP contribution in [-0.2, 0) is 18.3 Å². The minimum atomic E-state index is -0.181. The van der Waals surface area contributed by atoms with Gasteiger partial charge in [0.25, 0.3) is 0 Å². The van der Waals surface area contributed by atoms with E-state index in [1.165, 1.54) is 0 Å². The fourth-order valence-electron chi connectivity index (χ4n) is 2.19. The molecule has 1 amide bonds. The van der Waals surface area contributed by atoms with E-state index in [4.69, 9.17) is 0 Å². The fourth-order valence-corrected chi connectivity index (χ4v) is 2.19. The molecule has 0 aliphatic carbocycles. The lowest BCUT2D eigenvalue weighted by Crippen LogP contribution is -2.39. The smallest absolute Gasteiger partial charge is 0.220 e. The molecule has 5 nitrogen and oxygen atoms in total. The van der Waals surface area contributed by atoms with Gasteiger partial charge in [-0.1, -0.05) is 13.8 Å². The molecule has 1 rings (SSSR count). The van der Waals surface area contributed by atoms with Crippen LogP contribution in [-0.4, -0.2) is 33.9 Å². The summed E-state index contributed by atoms with van der Waals surface area (Å²) in [6, 6.07) is 0. The topological polar surface area (TPSA) is 67.2 Å². The number of aliphatic hydroxyl groups excluding tert-OH is 1. The summed E-state index contributed by atoms with van der Waals surface area (Å²) in [5.41, 5.74) is 2.03. The molecule has 2 N–H and O–H groups in total. The van der Waals surface area contributed by atoms with Crippen LogP contribution in [0.15, 0.2) is 6.20 Å². The van der Waals surface area contributed by atoms with Crippen molar-refractivity contribution in [3.05, 3.63) is 17.5 Å². The lowest BCUT2D eigenvalue weighted by molar-refractivity contribution is -0.121. The van der Waals surface area contributed by atoms with Crippen molar-refractivity contribution in [2.75, 3.05) is 13.2 Å². The number of amides is 1. The number of aliphatic hydroxyl groups is 1. The molecule has 0 aliphatic heterocycles. The predicted molar refractivity (Wildman–Crippen MR) is 79.4 cm³/mol. The Kier molecular flexibility index (Phi) is 6.20. The molecule has 20 heavy (non-hydrogen) atoms. The van der Waals surface area contributed by atoms with Crippen LogP contribution in [0, 0.1) is 12.3 Å². The molecular formula is C15H27N3O2. The van der Waals surface area contributed by atoms with E-state index in [0.717, 1.165) is 24.1 Å². The van der Waals surface area contributed by atoms with Gasteiger partial charge in [-0.2, -0.15) is 5.10 Å². The number of rotatable bonds is 8. The number of nitrogens with one attached hydrogen (secondary N) is 1. The second-order valence-corrected chi connectivity index (χ2v) is 5.52. The van der Waals surface area contributed by atoms with Crippen LogP contribution < -0.4 is 5.32 Å². The molecule has 1 aromatic rings. The SMILES string of the molecule is CCC(CC)(CO)CNC(=O)CCc1cnn(C)c1C. The molecule has 1 heterocycles. The predicted octanol–water partition coefficient (Wildman–Crippen LogP) is 1.58. The number of hydrogen-bond donors (Lipinski definition) is 2. The number of aryl methyl sites for hydroxylation is 2. The Morgan fingerprint density at radius 3 is 2.55 bits per heavy atom. The Balaban J connectivity index is 2.43. The van der Waals surface area contributed by atoms with Gasteiger partial charge in [0.15, 0.2) is 0 Å². The summed E-state index contributed by atoms with van der Waals surface area (Å²) in [7, 11) is 1.90. The summed E-state index contributed by atoms with van der Waals surface area (Å²) < 4.78 is 1.82. The van der Waals surface area contributed by atoms with Crippen molar-refractivity contribution in [2.24, 2.45) is 12.5 Å². The first-order chi connectivity index (χ1) is 9.48. The third-order valence-electron chi connectivity index (χ3n) is 4.45. The van der Waals surface area contributed by atoms with Crippen molar-refractivity contribution in [1.29, 1.82) is 0 Å². The van der Waals surface area contributed by atoms with Gasteiger partial charge in [-0.3, -0.25) is 9.48 Å². The lowest BCUT2D eigenvalue weighted by Gasteiger charge is -2.29. The maximum absolute atomic E-state index is 11.9. The first kappa shape index (κ1) is 16.7. The molecule has 114 valence electrons. The Bertz CT molecular complexity index is 428. The largest absolute Gasteiger partial charge is 0.396 e. The van der Waals surface area contributed by atoms with Crippen LogP contribution in [0.25, 0.3) is 0 Å². The van der Waals surface area contributed by atoms with E-state index in [2.05, 4.69) is 10.4 Å². The second-order valence-electron chi connectivity index (χ2n) is 5.52. The minimum Gasteiger partial charge on any atom is -0.396 e. The zero-order chi connectivity index (χ0) is 15.2. The molecule has 0 aromatic carbocycles. The van der Waals surface area contributed by atoms with Crippen molar-refractivity contribution in [1.82, 2.24) is 15.1 Å². The number of hydrogen-bond acceptors (Lipinski definition) is 3. The van der Waals surface area contributed by atoms with Crippen LogP contribution in [0.2, 0.25) is 0 Å². The van der Waals surface area contributed by atoms with Crippen molar-refractivity contribution >= 4 is 5.91 Å². The monoisotopic (exact) mass is 281 g/mol. The second kappa shape index (κ2) is 7.43. The zero-order valence-electron chi connectivity index (χ0n) is 13.1. The maximum atomic E-state index is 11.9. The van der Waals surface area contributed by atoms with Crippen molar-refractivity contribution in [3.8, 4) is 0 Å². The third-order valence-corrected chi connectivity index (χ3v) is 4.45. The minimum absolute atomic E-state index is 0.0352. The maximum Gasteiger partial charge on any atom is 0.220 e. The average molecular weight is 281 g/mol. The fraction of sp³-hybridized carbons (Fsp3) is 0.733. The van der Waals surface area contributed by atoms with Gasteiger partial charge in [-0.25, -0.2) is 0 Å². The van der Waals surface area contributed by atoms with E-state index < -0.39 is 0 Å². The highest BCUT2D eigenvalue weighted by molar-refractivity contribution is 5.76. The lowest BCUT2D eigenvalue weighted by atomic mass is 9.83. The first-order valence-corrected chi connectivity index (χ1v) is 7.33. The summed E-state index contributed by atoms with van der Waals surface area (Å²) in [5, 5.41) is 16.6. The van der Waals surface area contributed by atoms with Gasteiger partial charge in [-0.05, 0) is 31.7 Å². The molecule has 0 saturated heterocycles. The quantitative estimate of drug-likeness (QED) is 0.760. The van der Waals surface area contributed by atoms with Crippen LogP contribution in [0.4, 0.5) is 0 Å². The number of aromatic nitrogens is 2. The highest BCUT2D eigenvalue weighted by Gasteiger charge is 2.25. The van der Waals surface area contributed by atoms with E-state index in [1.807, 2.05) is 38.7 Å². The number of nitrogens with zero attached hydrogens (tertiary/aromatic N) is 2. The molecule has 1 aromatic heterocycles. The van der Waals surface area contributed by atoms with Gasteiger partial charge in [-0.15, -0.1) is 0 Å². The molecule has 0 unspecified atom stereocenters. The molecule has 0 bridgehead atoms. The third kappa shape index (κ3) is 4.07. The molecule has 0 saturated carbocycles. The van der Waals surface area contributed by atoms with E-state index in [-0.39, 0.29) is 17.9 Å². The zero-order valence-corrected chi connectivity index (χ0v) is 13.1. The standard InChI is InChI=1S/C15H27N3O2/c1-5-15(6-2,11-19)10-16-14(20)8-7-13-9-17-18(4)12(13)3/h9,19H,5-8,10-11H2,1-4H3,(H,16,20). The Hall–Kier alpha value is -1.36. The normalized spacial score (nSPS) is 11.7. The molecule has 0 atom stereocenters. The Labute approximate surface area is 121 Å². The van der Waals surface area contributed by atoms with E-state index in [9.17, 15) is 9.90 Å². The summed E-state index contributed by atoms with van der Waals surface area (Å²) in [6.45, 7) is 6.75. The van der Waals surface area contributed by atoms with Gasteiger partial charge in [0.2, 0.25) is 5.91 Å². The summed E-state index contributed by atoms with van der Waals surface area (Å²) in [4.78, 5) is 11.9. The van der Waals surface area contributed by atoms with E-state index in [0.29, 0.717) is 19.4 Å². The van der Waals surface area contributed by atoms with Gasteiger partial charge >= 0.3 is 0 Å². The summed E-state index contributed by atoms with van der Waals surface area (Å²) in [5.74, 6) is 0.0352. The Morgan fingerprint density at radius 1 is 1.45 bits per heavy atom. The average Bonchev–Trinajstić information content (AvgIpc) is 2.79. The van der Waals surface area contributed by atoms with Gasteiger partial charge in [0, 0.05) is 31.1 Å². The number of carbonyl (C=O) groups is 1. The van der Waals surface area contributed by atoms with Gasteiger partial charge in [0.05, 0.1) is 12.8 Å². The summed E-state index contributed by atoms with van der Waals surface area (Å²) >= 11 is 0. The molecule has 0 radical (unpaired) electrons. The van der Waals surface area contributed by atoms with Crippen molar-refractivity contribution in [3.63, 3.8) is 0 Å².